The van der Waals surface area contributed by atoms with Crippen LogP contribution in [0, 0.1) is 6.92 Å². The first-order valence-electron chi connectivity index (χ1n) is 7.75. The van der Waals surface area contributed by atoms with Crippen molar-refractivity contribution in [2.24, 2.45) is 0 Å². The van der Waals surface area contributed by atoms with Crippen LogP contribution in [0.1, 0.15) is 24.6 Å². The average Bonchev–Trinajstić information content (AvgIpc) is 2.55. The van der Waals surface area contributed by atoms with Gasteiger partial charge in [-0.1, -0.05) is 30.3 Å². The summed E-state index contributed by atoms with van der Waals surface area (Å²) in [6.45, 7) is 4.18. The molecule has 2 heterocycles. The predicted molar refractivity (Wildman–Crippen MR) is 92.1 cm³/mol. The third-order valence-corrected chi connectivity index (χ3v) is 3.83. The first kappa shape index (κ1) is 14.5. The summed E-state index contributed by atoms with van der Waals surface area (Å²) in [6, 6.07) is 17.1. The van der Waals surface area contributed by atoms with E-state index in [1.807, 2.05) is 31.2 Å². The summed E-state index contributed by atoms with van der Waals surface area (Å²) in [5, 5.41) is 3.46. The van der Waals surface area contributed by atoms with Crippen molar-refractivity contribution in [1.82, 2.24) is 9.97 Å². The van der Waals surface area contributed by atoms with Gasteiger partial charge in [-0.3, -0.25) is 4.98 Å². The maximum absolute atomic E-state index is 4.31. The molecule has 112 valence electrons. The van der Waals surface area contributed by atoms with Gasteiger partial charge in [0.1, 0.15) is 0 Å². The Hall–Kier alpha value is -2.42. The number of aryl methyl sites for hydroxylation is 2. The number of para-hydroxylation sites is 3. The summed E-state index contributed by atoms with van der Waals surface area (Å²) < 4.78 is 0. The molecule has 0 radical (unpaired) electrons. The lowest BCUT2D eigenvalue weighted by Crippen LogP contribution is -2.21. The number of hydrogen-bond acceptors (Lipinski definition) is 3. The lowest BCUT2D eigenvalue weighted by molar-refractivity contribution is 0.681. The van der Waals surface area contributed by atoms with E-state index in [0.29, 0.717) is 6.04 Å². The normalized spacial score (nSPS) is 16.2. The van der Waals surface area contributed by atoms with Crippen LogP contribution in [0.2, 0.25) is 0 Å². The van der Waals surface area contributed by atoms with Crippen molar-refractivity contribution < 1.29 is 0 Å². The van der Waals surface area contributed by atoms with E-state index in [2.05, 4.69) is 46.5 Å². The van der Waals surface area contributed by atoms with Crippen molar-refractivity contribution in [2.75, 3.05) is 5.32 Å². The molecule has 1 unspecified atom stereocenters. The molecule has 1 aromatic heterocycles. The van der Waals surface area contributed by atoms with Crippen LogP contribution in [0.4, 0.5) is 5.69 Å². The van der Waals surface area contributed by atoms with Crippen molar-refractivity contribution in [2.45, 2.75) is 32.7 Å². The second-order valence-corrected chi connectivity index (χ2v) is 5.74. The quantitative estimate of drug-likeness (QED) is 0.668. The molecule has 0 fully saturated rings. The Morgan fingerprint density at radius 1 is 1.00 bits per heavy atom. The summed E-state index contributed by atoms with van der Waals surface area (Å²) in [5.41, 5.74) is 5.67. The molecule has 3 nitrogen and oxygen atoms in total. The summed E-state index contributed by atoms with van der Waals surface area (Å²) in [5.74, 6) is 0. The Bertz CT molecular complexity index is 767. The molecule has 3 heteroatoms. The van der Waals surface area contributed by atoms with E-state index in [1.54, 1.807) is 6.20 Å². The van der Waals surface area contributed by atoms with Crippen LogP contribution in [0.25, 0.3) is 11.0 Å². The minimum atomic E-state index is 0.643. The number of aromatic nitrogens is 2. The molecule has 1 aliphatic rings. The summed E-state index contributed by atoms with van der Waals surface area (Å²) in [7, 11) is 0. The monoisotopic (exact) mass is 291 g/mol. The van der Waals surface area contributed by atoms with Crippen molar-refractivity contribution in [3.8, 4) is 0 Å². The highest BCUT2D eigenvalue weighted by atomic mass is 14.9. The van der Waals surface area contributed by atoms with Gasteiger partial charge in [0, 0.05) is 17.9 Å². The van der Waals surface area contributed by atoms with Crippen LogP contribution >= 0.6 is 0 Å². The van der Waals surface area contributed by atoms with Gasteiger partial charge in [0.25, 0.3) is 0 Å². The van der Waals surface area contributed by atoms with Crippen LogP contribution in [-0.4, -0.2) is 16.0 Å². The number of hydrogen-bond donors (Lipinski definition) is 1. The topological polar surface area (TPSA) is 37.8 Å². The fourth-order valence-corrected chi connectivity index (χ4v) is 2.64. The van der Waals surface area contributed by atoms with Crippen LogP contribution in [0.5, 0.6) is 0 Å². The fraction of sp³-hybridized carbons (Fsp3) is 0.263. The van der Waals surface area contributed by atoms with Gasteiger partial charge in [-0.05, 0) is 50.5 Å². The molecule has 1 aliphatic heterocycles. The Kier molecular flexibility index (Phi) is 4.33. The second-order valence-electron chi connectivity index (χ2n) is 5.74. The van der Waals surface area contributed by atoms with Gasteiger partial charge in [0.05, 0.1) is 16.7 Å². The molecule has 0 bridgehead atoms. The Labute approximate surface area is 131 Å². The van der Waals surface area contributed by atoms with Gasteiger partial charge >= 0.3 is 0 Å². The van der Waals surface area contributed by atoms with E-state index in [-0.39, 0.29) is 0 Å². The van der Waals surface area contributed by atoms with Crippen LogP contribution in [0.3, 0.4) is 0 Å². The molecule has 0 saturated carbocycles. The average molecular weight is 291 g/mol. The third-order valence-electron chi connectivity index (χ3n) is 3.83. The zero-order chi connectivity index (χ0) is 15.4. The molecule has 0 amide bonds. The molecule has 0 aliphatic carbocycles. The van der Waals surface area contributed by atoms with E-state index in [4.69, 9.17) is 0 Å². The molecular weight excluding hydrogens is 270 g/mol. The van der Waals surface area contributed by atoms with Gasteiger partial charge in [0.2, 0.25) is 0 Å². The highest BCUT2D eigenvalue weighted by molar-refractivity contribution is 5.73. The molecular formula is C19H21N3. The number of nitrogens with zero attached hydrogens (tertiary/aromatic N) is 2. The standard InChI is InChI=1S/C10H13N.C9H8N2/c1-8-6-7-9-4-2-3-5-10(9)11-8;1-7-6-10-8-4-2-3-5-9(8)11-7/h2-5,8,11H,6-7H2,1H3;2-6H,1H3. The van der Waals surface area contributed by atoms with Crippen molar-refractivity contribution in [3.63, 3.8) is 0 Å². The molecule has 3 aromatic rings. The van der Waals surface area contributed by atoms with Crippen molar-refractivity contribution in [3.05, 3.63) is 66.0 Å². The summed E-state index contributed by atoms with van der Waals surface area (Å²) in [6.07, 6.45) is 4.27. The van der Waals surface area contributed by atoms with Gasteiger partial charge in [-0.25, -0.2) is 4.98 Å². The van der Waals surface area contributed by atoms with Gasteiger partial charge < -0.3 is 5.32 Å². The zero-order valence-electron chi connectivity index (χ0n) is 13.1. The third kappa shape index (κ3) is 3.42. The Morgan fingerprint density at radius 2 is 1.73 bits per heavy atom. The number of anilines is 1. The van der Waals surface area contributed by atoms with E-state index < -0.39 is 0 Å². The van der Waals surface area contributed by atoms with E-state index in [9.17, 15) is 0 Å². The highest BCUT2D eigenvalue weighted by Gasteiger charge is 2.11. The first-order chi connectivity index (χ1) is 10.7. The van der Waals surface area contributed by atoms with Crippen LogP contribution < -0.4 is 5.32 Å². The number of benzene rings is 2. The highest BCUT2D eigenvalue weighted by Crippen LogP contribution is 2.23. The van der Waals surface area contributed by atoms with Crippen LogP contribution in [0.15, 0.2) is 54.7 Å². The molecule has 0 spiro atoms. The predicted octanol–water partition coefficient (Wildman–Crippen LogP) is 4.37. The molecule has 1 atom stereocenters. The molecule has 22 heavy (non-hydrogen) atoms. The lowest BCUT2D eigenvalue weighted by Gasteiger charge is -2.23. The zero-order valence-corrected chi connectivity index (χ0v) is 13.1. The van der Waals surface area contributed by atoms with Crippen molar-refractivity contribution >= 4 is 16.7 Å². The van der Waals surface area contributed by atoms with Gasteiger partial charge in [0.15, 0.2) is 0 Å². The Morgan fingerprint density at radius 3 is 2.59 bits per heavy atom. The SMILES string of the molecule is CC1CCc2ccccc2N1.Cc1cnc2ccccc2n1. The maximum Gasteiger partial charge on any atom is 0.0889 e. The van der Waals surface area contributed by atoms with E-state index in [1.165, 1.54) is 24.1 Å². The largest absolute Gasteiger partial charge is 0.382 e. The van der Waals surface area contributed by atoms with Crippen molar-refractivity contribution in [1.29, 1.82) is 0 Å². The lowest BCUT2D eigenvalue weighted by atomic mass is 9.99. The molecule has 1 N–H and O–H groups in total. The molecule has 2 aromatic carbocycles. The van der Waals surface area contributed by atoms with Crippen LogP contribution in [-0.2, 0) is 6.42 Å². The number of nitrogens with one attached hydrogen (secondary N) is 1. The van der Waals surface area contributed by atoms with E-state index in [0.717, 1.165) is 16.7 Å². The fourth-order valence-electron chi connectivity index (χ4n) is 2.64. The minimum absolute atomic E-state index is 0.643. The van der Waals surface area contributed by atoms with E-state index >= 15 is 0 Å². The Balaban J connectivity index is 0.000000131. The molecule has 4 rings (SSSR count). The second kappa shape index (κ2) is 6.56. The molecule has 0 saturated heterocycles. The minimum Gasteiger partial charge on any atom is -0.382 e. The number of fused-ring (bicyclic) bond motifs is 2. The van der Waals surface area contributed by atoms with Gasteiger partial charge in [-0.15, -0.1) is 0 Å². The number of rotatable bonds is 0. The summed E-state index contributed by atoms with van der Waals surface area (Å²) in [4.78, 5) is 8.53. The van der Waals surface area contributed by atoms with Gasteiger partial charge in [-0.2, -0.15) is 0 Å². The first-order valence-corrected chi connectivity index (χ1v) is 7.75. The maximum atomic E-state index is 4.31. The smallest absolute Gasteiger partial charge is 0.0889 e. The summed E-state index contributed by atoms with van der Waals surface area (Å²) >= 11 is 0.